The highest BCUT2D eigenvalue weighted by atomic mass is 35.5. The molecule has 0 unspecified atom stereocenters. The SMILES string of the molecule is O=C(Nc1cc(Cl)ccc1Cl)N(Cc1ccccc1)C1CCC(c2ccccc2)CC1. The molecule has 0 atom stereocenters. The molecule has 1 aliphatic rings. The molecule has 0 spiro atoms. The van der Waals surface area contributed by atoms with Crippen molar-refractivity contribution >= 4 is 34.9 Å². The molecule has 1 N–H and O–H groups in total. The average molecular weight is 453 g/mol. The van der Waals surface area contributed by atoms with Crippen LogP contribution in [-0.4, -0.2) is 17.0 Å². The molecule has 1 fully saturated rings. The summed E-state index contributed by atoms with van der Waals surface area (Å²) in [4.78, 5) is 15.3. The molecule has 31 heavy (non-hydrogen) atoms. The zero-order chi connectivity index (χ0) is 21.6. The third kappa shape index (κ3) is 5.61. The number of carbonyl (C=O) groups is 1. The zero-order valence-electron chi connectivity index (χ0n) is 17.3. The largest absolute Gasteiger partial charge is 0.322 e. The van der Waals surface area contributed by atoms with Crippen LogP contribution in [0.4, 0.5) is 10.5 Å². The highest BCUT2D eigenvalue weighted by molar-refractivity contribution is 6.35. The maximum absolute atomic E-state index is 13.3. The Bertz CT molecular complexity index is 1000. The molecule has 1 aliphatic carbocycles. The number of halogens is 2. The fraction of sp³-hybridized carbons (Fsp3) is 0.269. The lowest BCUT2D eigenvalue weighted by Gasteiger charge is -2.37. The molecule has 160 valence electrons. The summed E-state index contributed by atoms with van der Waals surface area (Å²) < 4.78 is 0. The lowest BCUT2D eigenvalue weighted by atomic mass is 9.81. The van der Waals surface area contributed by atoms with Crippen molar-refractivity contribution in [3.63, 3.8) is 0 Å². The number of benzene rings is 3. The predicted molar refractivity (Wildman–Crippen MR) is 129 cm³/mol. The standard InChI is InChI=1S/C26H26Cl2N2O/c27-22-13-16-24(28)25(17-22)29-26(31)30(18-19-7-3-1-4-8-19)23-14-11-21(12-15-23)20-9-5-2-6-10-20/h1-10,13,16-17,21,23H,11-12,14-15,18H2,(H,29,31). The predicted octanol–water partition coefficient (Wildman–Crippen LogP) is 7.75. The van der Waals surface area contributed by atoms with E-state index in [0.717, 1.165) is 31.2 Å². The van der Waals surface area contributed by atoms with Gasteiger partial charge in [-0.05, 0) is 60.9 Å². The van der Waals surface area contributed by atoms with Crippen molar-refractivity contribution in [1.29, 1.82) is 0 Å². The van der Waals surface area contributed by atoms with Crippen molar-refractivity contribution in [3.05, 3.63) is 100 Å². The molecule has 2 amide bonds. The van der Waals surface area contributed by atoms with Gasteiger partial charge in [-0.2, -0.15) is 0 Å². The summed E-state index contributed by atoms with van der Waals surface area (Å²) in [5.41, 5.74) is 3.04. The third-order valence-corrected chi connectivity index (χ3v) is 6.60. The van der Waals surface area contributed by atoms with Gasteiger partial charge in [0, 0.05) is 17.6 Å². The summed E-state index contributed by atoms with van der Waals surface area (Å²) in [7, 11) is 0. The molecule has 3 aromatic rings. The van der Waals surface area contributed by atoms with Gasteiger partial charge in [-0.25, -0.2) is 4.79 Å². The second kappa shape index (κ2) is 10.2. The molecule has 0 saturated heterocycles. The number of carbonyl (C=O) groups excluding carboxylic acids is 1. The van der Waals surface area contributed by atoms with Gasteiger partial charge < -0.3 is 10.2 Å². The van der Waals surface area contributed by atoms with E-state index in [-0.39, 0.29) is 12.1 Å². The van der Waals surface area contributed by atoms with Gasteiger partial charge >= 0.3 is 6.03 Å². The fourth-order valence-corrected chi connectivity index (χ4v) is 4.71. The number of nitrogens with zero attached hydrogens (tertiary/aromatic N) is 1. The van der Waals surface area contributed by atoms with Gasteiger partial charge in [-0.1, -0.05) is 83.9 Å². The summed E-state index contributed by atoms with van der Waals surface area (Å²) in [6.45, 7) is 0.561. The Hall–Kier alpha value is -2.49. The van der Waals surface area contributed by atoms with Crippen LogP contribution < -0.4 is 5.32 Å². The lowest BCUT2D eigenvalue weighted by molar-refractivity contribution is 0.158. The van der Waals surface area contributed by atoms with Gasteiger partial charge in [-0.15, -0.1) is 0 Å². The van der Waals surface area contributed by atoms with Gasteiger partial charge in [-0.3, -0.25) is 0 Å². The van der Waals surface area contributed by atoms with Crippen molar-refractivity contribution < 1.29 is 4.79 Å². The summed E-state index contributed by atoms with van der Waals surface area (Å²) >= 11 is 12.4. The molecule has 0 heterocycles. The summed E-state index contributed by atoms with van der Waals surface area (Å²) in [5.74, 6) is 0.557. The summed E-state index contributed by atoms with van der Waals surface area (Å²) in [6.07, 6.45) is 4.10. The van der Waals surface area contributed by atoms with E-state index in [2.05, 4.69) is 47.8 Å². The zero-order valence-corrected chi connectivity index (χ0v) is 18.8. The maximum atomic E-state index is 13.3. The monoisotopic (exact) mass is 452 g/mol. The van der Waals surface area contributed by atoms with Crippen molar-refractivity contribution in [2.24, 2.45) is 0 Å². The molecule has 3 nitrogen and oxygen atoms in total. The van der Waals surface area contributed by atoms with Crippen molar-refractivity contribution in [3.8, 4) is 0 Å². The second-order valence-electron chi connectivity index (χ2n) is 8.08. The van der Waals surface area contributed by atoms with Crippen molar-refractivity contribution in [1.82, 2.24) is 4.90 Å². The summed E-state index contributed by atoms with van der Waals surface area (Å²) in [6, 6.07) is 25.9. The van der Waals surface area contributed by atoms with E-state index in [1.165, 1.54) is 5.56 Å². The molecule has 4 rings (SSSR count). The number of hydrogen-bond acceptors (Lipinski definition) is 1. The van der Waals surface area contributed by atoms with Crippen LogP contribution in [0.1, 0.15) is 42.7 Å². The number of anilines is 1. The fourth-order valence-electron chi connectivity index (χ4n) is 4.37. The van der Waals surface area contributed by atoms with E-state index in [1.54, 1.807) is 18.2 Å². The molecule has 0 bridgehead atoms. The molecule has 0 aliphatic heterocycles. The van der Waals surface area contributed by atoms with Crippen LogP contribution in [0, 0.1) is 0 Å². The van der Waals surface area contributed by atoms with Crippen LogP contribution in [-0.2, 0) is 6.54 Å². The van der Waals surface area contributed by atoms with Gasteiger partial charge in [0.1, 0.15) is 0 Å². The smallest absolute Gasteiger partial charge is 0.317 e. The minimum absolute atomic E-state index is 0.142. The van der Waals surface area contributed by atoms with E-state index >= 15 is 0 Å². The van der Waals surface area contributed by atoms with E-state index in [4.69, 9.17) is 23.2 Å². The molecule has 0 aromatic heterocycles. The normalized spacial score (nSPS) is 18.4. The van der Waals surface area contributed by atoms with E-state index in [1.807, 2.05) is 23.1 Å². The van der Waals surface area contributed by atoms with Crippen LogP contribution in [0.25, 0.3) is 0 Å². The van der Waals surface area contributed by atoms with Gasteiger partial charge in [0.15, 0.2) is 0 Å². The number of rotatable bonds is 5. The maximum Gasteiger partial charge on any atom is 0.322 e. The second-order valence-corrected chi connectivity index (χ2v) is 8.93. The summed E-state index contributed by atoms with van der Waals surface area (Å²) in [5, 5.41) is 4.00. The highest BCUT2D eigenvalue weighted by Crippen LogP contribution is 2.35. The minimum atomic E-state index is -0.142. The Kier molecular flexibility index (Phi) is 7.16. The Morgan fingerprint density at radius 2 is 1.52 bits per heavy atom. The van der Waals surface area contributed by atoms with E-state index < -0.39 is 0 Å². The van der Waals surface area contributed by atoms with E-state index in [0.29, 0.717) is 28.2 Å². The molecule has 5 heteroatoms. The lowest BCUT2D eigenvalue weighted by Crippen LogP contribution is -2.44. The third-order valence-electron chi connectivity index (χ3n) is 6.04. The molecule has 3 aromatic carbocycles. The Balaban J connectivity index is 1.50. The first kappa shape index (κ1) is 21.7. The molecular weight excluding hydrogens is 427 g/mol. The Morgan fingerprint density at radius 3 is 2.19 bits per heavy atom. The first-order valence-electron chi connectivity index (χ1n) is 10.7. The molecule has 1 saturated carbocycles. The number of urea groups is 1. The first-order chi connectivity index (χ1) is 15.1. The van der Waals surface area contributed by atoms with Crippen molar-refractivity contribution in [2.45, 2.75) is 44.2 Å². The van der Waals surface area contributed by atoms with Gasteiger partial charge in [0.05, 0.1) is 10.7 Å². The Labute approximate surface area is 194 Å². The minimum Gasteiger partial charge on any atom is -0.317 e. The average Bonchev–Trinajstić information content (AvgIpc) is 2.81. The number of hydrogen-bond donors (Lipinski definition) is 1. The number of nitrogens with one attached hydrogen (secondary N) is 1. The van der Waals surface area contributed by atoms with Crippen LogP contribution in [0.2, 0.25) is 10.0 Å². The van der Waals surface area contributed by atoms with Crippen LogP contribution in [0.3, 0.4) is 0 Å². The topological polar surface area (TPSA) is 32.3 Å². The van der Waals surface area contributed by atoms with Crippen LogP contribution >= 0.6 is 23.2 Å². The quantitative estimate of drug-likeness (QED) is 0.421. The molecular formula is C26H26Cl2N2O. The van der Waals surface area contributed by atoms with Crippen LogP contribution in [0.5, 0.6) is 0 Å². The van der Waals surface area contributed by atoms with Crippen molar-refractivity contribution in [2.75, 3.05) is 5.32 Å². The highest BCUT2D eigenvalue weighted by Gasteiger charge is 2.30. The van der Waals surface area contributed by atoms with E-state index in [9.17, 15) is 4.79 Å². The van der Waals surface area contributed by atoms with Gasteiger partial charge in [0.2, 0.25) is 0 Å². The van der Waals surface area contributed by atoms with Gasteiger partial charge in [0.25, 0.3) is 0 Å². The molecule has 0 radical (unpaired) electrons. The van der Waals surface area contributed by atoms with Crippen LogP contribution in [0.15, 0.2) is 78.9 Å². The number of amides is 2. The Morgan fingerprint density at radius 1 is 0.871 bits per heavy atom. The first-order valence-corrected chi connectivity index (χ1v) is 11.5.